The summed E-state index contributed by atoms with van der Waals surface area (Å²) in [6.45, 7) is 9.38. The van der Waals surface area contributed by atoms with Crippen LogP contribution in [0.5, 0.6) is 5.88 Å². The topological polar surface area (TPSA) is 173 Å². The zero-order chi connectivity index (χ0) is 37.3. The molecule has 52 heavy (non-hydrogen) atoms. The molecule has 280 valence electrons. The second kappa shape index (κ2) is 14.9. The lowest BCUT2D eigenvalue weighted by atomic mass is 9.85. The summed E-state index contributed by atoms with van der Waals surface area (Å²) >= 11 is 0. The van der Waals surface area contributed by atoms with Crippen molar-refractivity contribution >= 4 is 50.7 Å². The standard InChI is InChI=1S/C38H49N5O8S/c1-5-26-22-38(26,35(46)42-52(48,49)28-15-16-28)41-32(44)30-21-27-23-43(30)34(45)31(37(2,3)4)40-36(47)50-19-11-9-7-6-8-10-12-24-13-14-25-17-18-39-33(51-27)29(25)20-24/h5,10,12-14,17-18,20,26-28,30-31H,1,6-9,11,15-16,19,21-23H2,2-4H3,(H,40,47)(H,41,44)(H,42,46)/b12-10+/t26-,27-,30?,31-,38-/m1/s1. The van der Waals surface area contributed by atoms with Crippen molar-refractivity contribution < 1.29 is 37.1 Å². The Kier molecular flexibility index (Phi) is 10.7. The maximum Gasteiger partial charge on any atom is 0.407 e. The quantitative estimate of drug-likeness (QED) is 0.364. The van der Waals surface area contributed by atoms with Gasteiger partial charge in [0.2, 0.25) is 27.7 Å². The van der Waals surface area contributed by atoms with Crippen molar-refractivity contribution in [1.82, 2.24) is 25.2 Å². The number of sulfonamides is 1. The van der Waals surface area contributed by atoms with Crippen LogP contribution in [0.4, 0.5) is 4.79 Å². The van der Waals surface area contributed by atoms with Gasteiger partial charge in [0.05, 0.1) is 18.4 Å². The van der Waals surface area contributed by atoms with Crippen LogP contribution in [-0.2, 0) is 29.1 Å². The number of hydrogen-bond acceptors (Lipinski definition) is 9. The van der Waals surface area contributed by atoms with Crippen molar-refractivity contribution in [1.29, 1.82) is 0 Å². The number of cyclic esters (lactones) is 1. The summed E-state index contributed by atoms with van der Waals surface area (Å²) in [5, 5.41) is 6.61. The first-order chi connectivity index (χ1) is 24.7. The number of carbonyl (C=O) groups is 4. The Balaban J connectivity index is 1.32. The van der Waals surface area contributed by atoms with Crippen LogP contribution in [0.2, 0.25) is 0 Å². The minimum absolute atomic E-state index is 0.0158. The van der Waals surface area contributed by atoms with Gasteiger partial charge >= 0.3 is 6.09 Å². The minimum Gasteiger partial charge on any atom is -0.472 e. The Labute approximate surface area is 305 Å². The van der Waals surface area contributed by atoms with E-state index in [1.54, 1.807) is 27.0 Å². The van der Waals surface area contributed by atoms with E-state index in [0.717, 1.165) is 42.0 Å². The smallest absolute Gasteiger partial charge is 0.407 e. The molecule has 3 heterocycles. The van der Waals surface area contributed by atoms with Crippen LogP contribution in [0.25, 0.3) is 16.8 Å². The molecule has 14 heteroatoms. The van der Waals surface area contributed by atoms with E-state index in [-0.39, 0.29) is 26.0 Å². The molecule has 4 bridgehead atoms. The normalized spacial score (nSPS) is 28.1. The predicted molar refractivity (Wildman–Crippen MR) is 195 cm³/mol. The Morgan fingerprint density at radius 3 is 2.60 bits per heavy atom. The van der Waals surface area contributed by atoms with Gasteiger partial charge in [-0.1, -0.05) is 64.0 Å². The Morgan fingerprint density at radius 1 is 1.12 bits per heavy atom. The van der Waals surface area contributed by atoms with Gasteiger partial charge in [-0.25, -0.2) is 18.2 Å². The lowest BCUT2D eigenvalue weighted by Gasteiger charge is -2.35. The van der Waals surface area contributed by atoms with Gasteiger partial charge in [0.15, 0.2) is 0 Å². The molecular weight excluding hydrogens is 687 g/mol. The van der Waals surface area contributed by atoms with Crippen LogP contribution in [0.1, 0.15) is 84.1 Å². The number of rotatable bonds is 6. The average molecular weight is 736 g/mol. The molecule has 3 N–H and O–H groups in total. The predicted octanol–water partition coefficient (Wildman–Crippen LogP) is 4.37. The molecule has 2 saturated carbocycles. The molecule has 13 nitrogen and oxygen atoms in total. The van der Waals surface area contributed by atoms with Gasteiger partial charge in [-0.2, -0.15) is 0 Å². The number of aromatic nitrogens is 1. The summed E-state index contributed by atoms with van der Waals surface area (Å²) in [5.41, 5.74) is -1.34. The molecule has 4 aliphatic rings. The fourth-order valence-electron chi connectivity index (χ4n) is 6.98. The van der Waals surface area contributed by atoms with Crippen LogP contribution < -0.4 is 20.1 Å². The van der Waals surface area contributed by atoms with Gasteiger partial charge < -0.3 is 25.0 Å². The number of hydrogen-bond donors (Lipinski definition) is 3. The largest absolute Gasteiger partial charge is 0.472 e. The molecule has 2 aliphatic carbocycles. The molecule has 0 spiro atoms. The third-order valence-corrected chi connectivity index (χ3v) is 12.1. The summed E-state index contributed by atoms with van der Waals surface area (Å²) in [7, 11) is -3.89. The van der Waals surface area contributed by atoms with Crippen molar-refractivity contribution in [2.45, 2.75) is 108 Å². The number of amides is 4. The van der Waals surface area contributed by atoms with E-state index in [9.17, 15) is 27.6 Å². The fraction of sp³-hybridized carbons (Fsp3) is 0.553. The number of alkyl carbamates (subject to hydrolysis) is 1. The first kappa shape index (κ1) is 37.3. The van der Waals surface area contributed by atoms with Crippen molar-refractivity contribution in [3.63, 3.8) is 0 Å². The lowest BCUT2D eigenvalue weighted by Crippen LogP contribution is -2.60. The maximum atomic E-state index is 14.5. The first-order valence-electron chi connectivity index (χ1n) is 18.2. The molecule has 1 aromatic carbocycles. The van der Waals surface area contributed by atoms with E-state index < -0.39 is 74.1 Å². The number of allylic oxidation sites excluding steroid dienone is 1. The van der Waals surface area contributed by atoms with Crippen molar-refractivity contribution in [2.75, 3.05) is 13.2 Å². The highest BCUT2D eigenvalue weighted by atomic mass is 32.2. The number of fused-ring (bicyclic) bond motifs is 3. The molecule has 1 unspecified atom stereocenters. The number of pyridine rings is 1. The van der Waals surface area contributed by atoms with E-state index in [4.69, 9.17) is 9.47 Å². The van der Waals surface area contributed by atoms with Crippen molar-refractivity contribution in [2.24, 2.45) is 11.3 Å². The minimum atomic E-state index is -3.89. The van der Waals surface area contributed by atoms with Gasteiger partial charge in [0, 0.05) is 23.9 Å². The van der Waals surface area contributed by atoms with Crippen LogP contribution in [0.15, 0.2) is 49.2 Å². The molecule has 5 atom stereocenters. The molecule has 4 amide bonds. The Hall–Kier alpha value is -4.46. The van der Waals surface area contributed by atoms with E-state index in [0.29, 0.717) is 25.1 Å². The highest BCUT2D eigenvalue weighted by molar-refractivity contribution is 7.91. The van der Waals surface area contributed by atoms with Gasteiger partial charge in [-0.3, -0.25) is 19.1 Å². The third kappa shape index (κ3) is 8.27. The molecule has 2 aliphatic heterocycles. The van der Waals surface area contributed by atoms with E-state index >= 15 is 0 Å². The summed E-state index contributed by atoms with van der Waals surface area (Å²) in [5.74, 6) is -2.16. The van der Waals surface area contributed by atoms with Crippen molar-refractivity contribution in [3.05, 3.63) is 54.8 Å². The number of carbonyl (C=O) groups excluding carboxylic acids is 4. The zero-order valence-electron chi connectivity index (χ0n) is 30.1. The SMILES string of the molecule is C=C[C@@H]1C[C@]1(NC(=O)C1C[C@@H]2CN1C(=O)[C@H](C(C)(C)C)NC(=O)OCCCCCC/C=C/c1ccc3ccnc(c3c1)O2)C(=O)NS(=O)(=O)C1CC1. The number of benzene rings is 1. The maximum absolute atomic E-state index is 14.5. The van der Waals surface area contributed by atoms with E-state index in [2.05, 4.69) is 39.1 Å². The van der Waals surface area contributed by atoms with Crippen LogP contribution in [0, 0.1) is 11.3 Å². The molecule has 2 aromatic rings. The van der Waals surface area contributed by atoms with Crippen LogP contribution >= 0.6 is 0 Å². The monoisotopic (exact) mass is 735 g/mol. The van der Waals surface area contributed by atoms with Crippen molar-refractivity contribution in [3.8, 4) is 5.88 Å². The Bertz CT molecular complexity index is 1870. The number of ether oxygens (including phenoxy) is 2. The fourth-order valence-corrected chi connectivity index (χ4v) is 8.35. The molecule has 1 aromatic heterocycles. The molecular formula is C38H49N5O8S. The second-order valence-electron chi connectivity index (χ2n) is 15.4. The third-order valence-electron chi connectivity index (χ3n) is 10.3. The molecule has 6 rings (SSSR count). The summed E-state index contributed by atoms with van der Waals surface area (Å²) < 4.78 is 39.5. The van der Waals surface area contributed by atoms with Crippen LogP contribution in [0.3, 0.4) is 0 Å². The van der Waals surface area contributed by atoms with Gasteiger partial charge in [-0.05, 0) is 67.0 Å². The number of nitrogens with one attached hydrogen (secondary N) is 3. The summed E-state index contributed by atoms with van der Waals surface area (Å²) in [6.07, 6.45) is 11.5. The number of nitrogens with zero attached hydrogens (tertiary/aromatic N) is 2. The molecule has 3 fully saturated rings. The summed E-state index contributed by atoms with van der Waals surface area (Å²) in [6, 6.07) is 5.71. The zero-order valence-corrected chi connectivity index (χ0v) is 30.9. The highest BCUT2D eigenvalue weighted by Gasteiger charge is 2.62. The van der Waals surface area contributed by atoms with Crippen LogP contribution in [-0.4, -0.2) is 84.2 Å². The van der Waals surface area contributed by atoms with E-state index in [1.165, 1.54) is 11.0 Å². The molecule has 0 radical (unpaired) electrons. The van der Waals surface area contributed by atoms with Gasteiger partial charge in [0.1, 0.15) is 23.7 Å². The van der Waals surface area contributed by atoms with Gasteiger partial charge in [-0.15, -0.1) is 6.58 Å². The Morgan fingerprint density at radius 2 is 1.88 bits per heavy atom. The van der Waals surface area contributed by atoms with E-state index in [1.807, 2.05) is 24.3 Å². The lowest BCUT2D eigenvalue weighted by molar-refractivity contribution is -0.142. The molecule has 1 saturated heterocycles. The van der Waals surface area contributed by atoms with Gasteiger partial charge in [0.25, 0.3) is 5.91 Å². The average Bonchev–Trinajstić information content (AvgIpc) is 4.02. The summed E-state index contributed by atoms with van der Waals surface area (Å²) in [4.78, 5) is 61.1. The second-order valence-corrected chi connectivity index (χ2v) is 17.4. The highest BCUT2D eigenvalue weighted by Crippen LogP contribution is 2.45. The first-order valence-corrected chi connectivity index (χ1v) is 19.7.